The maximum absolute atomic E-state index is 11.7. The summed E-state index contributed by atoms with van der Waals surface area (Å²) >= 11 is 0. The van der Waals surface area contributed by atoms with Crippen molar-refractivity contribution in [3.05, 3.63) is 0 Å². The number of hydrogen-bond acceptors (Lipinski definition) is 3. The van der Waals surface area contributed by atoms with Crippen LogP contribution in [0.25, 0.3) is 0 Å². The van der Waals surface area contributed by atoms with Gasteiger partial charge in [0.15, 0.2) is 0 Å². The lowest BCUT2D eigenvalue weighted by atomic mass is 10.3. The van der Waals surface area contributed by atoms with Crippen molar-refractivity contribution in [3.8, 4) is 0 Å². The molecule has 1 aliphatic heterocycles. The number of amides is 1. The number of carbonyl (C=O) groups is 1. The van der Waals surface area contributed by atoms with E-state index in [-0.39, 0.29) is 12.5 Å². The predicted molar refractivity (Wildman–Crippen MR) is 55.3 cm³/mol. The summed E-state index contributed by atoms with van der Waals surface area (Å²) in [6.07, 6.45) is -2.62. The number of likely N-dealkylation sites (tertiary alicyclic amines) is 1. The fourth-order valence-corrected chi connectivity index (χ4v) is 1.74. The van der Waals surface area contributed by atoms with Crippen LogP contribution in [0.3, 0.4) is 0 Å². The minimum Gasteiger partial charge on any atom is -0.341 e. The first-order chi connectivity index (χ1) is 7.90. The molecule has 1 fully saturated rings. The van der Waals surface area contributed by atoms with Crippen LogP contribution < -0.4 is 5.32 Å². The summed E-state index contributed by atoms with van der Waals surface area (Å²) in [5.41, 5.74) is 0. The molecule has 1 rings (SSSR count). The molecule has 17 heavy (non-hydrogen) atoms. The van der Waals surface area contributed by atoms with Gasteiger partial charge < -0.3 is 10.2 Å². The number of hydrogen-bond donors (Lipinski definition) is 1. The van der Waals surface area contributed by atoms with Gasteiger partial charge in [-0.15, -0.1) is 13.2 Å². The van der Waals surface area contributed by atoms with Gasteiger partial charge in [0.05, 0.1) is 12.6 Å². The molecule has 1 aliphatic rings. The number of rotatable bonds is 5. The van der Waals surface area contributed by atoms with Gasteiger partial charge >= 0.3 is 6.36 Å². The van der Waals surface area contributed by atoms with Crippen molar-refractivity contribution in [2.75, 3.05) is 26.2 Å². The zero-order valence-corrected chi connectivity index (χ0v) is 9.72. The van der Waals surface area contributed by atoms with Crippen LogP contribution >= 0.6 is 0 Å². The number of nitrogens with zero attached hydrogens (tertiary/aromatic N) is 1. The van der Waals surface area contributed by atoms with Gasteiger partial charge in [-0.25, -0.2) is 0 Å². The summed E-state index contributed by atoms with van der Waals surface area (Å²) in [6.45, 7) is 2.64. The molecule has 1 unspecified atom stereocenters. The van der Waals surface area contributed by atoms with E-state index < -0.39 is 19.0 Å². The van der Waals surface area contributed by atoms with Gasteiger partial charge in [-0.3, -0.25) is 9.53 Å². The van der Waals surface area contributed by atoms with Crippen molar-refractivity contribution >= 4 is 5.91 Å². The minimum atomic E-state index is -4.61. The van der Waals surface area contributed by atoms with Crippen molar-refractivity contribution in [2.24, 2.45) is 0 Å². The Morgan fingerprint density at radius 3 is 2.53 bits per heavy atom. The summed E-state index contributed by atoms with van der Waals surface area (Å²) < 4.78 is 38.6. The molecule has 0 radical (unpaired) electrons. The topological polar surface area (TPSA) is 41.6 Å². The lowest BCUT2D eigenvalue weighted by Gasteiger charge is -2.21. The molecule has 1 heterocycles. The average molecular weight is 254 g/mol. The van der Waals surface area contributed by atoms with Gasteiger partial charge in [0.2, 0.25) is 5.91 Å². The third kappa shape index (κ3) is 5.36. The minimum absolute atomic E-state index is 0.000255. The van der Waals surface area contributed by atoms with Gasteiger partial charge in [0, 0.05) is 19.6 Å². The van der Waals surface area contributed by atoms with Crippen molar-refractivity contribution < 1.29 is 22.7 Å². The highest BCUT2D eigenvalue weighted by Crippen LogP contribution is 2.15. The fraction of sp³-hybridized carbons (Fsp3) is 0.900. The quantitative estimate of drug-likeness (QED) is 0.748. The average Bonchev–Trinajstić information content (AvgIpc) is 2.74. The maximum atomic E-state index is 11.7. The molecule has 7 heteroatoms. The van der Waals surface area contributed by atoms with Crippen molar-refractivity contribution in [1.29, 1.82) is 0 Å². The summed E-state index contributed by atoms with van der Waals surface area (Å²) in [5, 5.41) is 2.72. The van der Waals surface area contributed by atoms with Gasteiger partial charge in [-0.2, -0.15) is 0 Å². The van der Waals surface area contributed by atoms with E-state index in [1.807, 2.05) is 0 Å². The van der Waals surface area contributed by atoms with Gasteiger partial charge in [-0.1, -0.05) is 0 Å². The van der Waals surface area contributed by atoms with E-state index in [0.29, 0.717) is 0 Å². The van der Waals surface area contributed by atoms with Crippen LogP contribution in [-0.2, 0) is 9.53 Å². The molecular weight excluding hydrogens is 237 g/mol. The van der Waals surface area contributed by atoms with E-state index in [1.54, 1.807) is 11.8 Å². The van der Waals surface area contributed by atoms with Gasteiger partial charge in [-0.05, 0) is 19.8 Å². The van der Waals surface area contributed by atoms with E-state index in [4.69, 9.17) is 0 Å². The van der Waals surface area contributed by atoms with E-state index >= 15 is 0 Å². The van der Waals surface area contributed by atoms with Crippen molar-refractivity contribution in [1.82, 2.24) is 10.2 Å². The fourth-order valence-electron chi connectivity index (χ4n) is 1.74. The number of ether oxygens (including phenoxy) is 1. The van der Waals surface area contributed by atoms with Gasteiger partial charge in [0.25, 0.3) is 0 Å². The molecule has 100 valence electrons. The van der Waals surface area contributed by atoms with Crippen LogP contribution in [-0.4, -0.2) is 49.5 Å². The number of alkyl halides is 3. The van der Waals surface area contributed by atoms with Crippen molar-refractivity contribution in [3.63, 3.8) is 0 Å². The highest BCUT2D eigenvalue weighted by atomic mass is 19.4. The lowest BCUT2D eigenvalue weighted by molar-refractivity contribution is -0.323. The second-order valence-electron chi connectivity index (χ2n) is 4.00. The first kappa shape index (κ1) is 14.2. The van der Waals surface area contributed by atoms with E-state index in [9.17, 15) is 18.0 Å². The number of nitrogens with one attached hydrogen (secondary N) is 1. The second-order valence-corrected chi connectivity index (χ2v) is 4.00. The van der Waals surface area contributed by atoms with Crippen LogP contribution in [0, 0.1) is 0 Å². The van der Waals surface area contributed by atoms with Crippen LogP contribution in [0.5, 0.6) is 0 Å². The highest BCUT2D eigenvalue weighted by molar-refractivity contribution is 5.81. The zero-order valence-electron chi connectivity index (χ0n) is 9.72. The molecule has 0 bridgehead atoms. The second kappa shape index (κ2) is 6.20. The van der Waals surface area contributed by atoms with E-state index in [2.05, 4.69) is 10.1 Å². The summed E-state index contributed by atoms with van der Waals surface area (Å²) in [6, 6.07) is -0.468. The Morgan fingerprint density at radius 2 is 2.00 bits per heavy atom. The maximum Gasteiger partial charge on any atom is 0.522 e. The molecule has 0 aliphatic carbocycles. The molecule has 0 saturated carbocycles. The Labute approximate surface area is 98.1 Å². The lowest BCUT2D eigenvalue weighted by Crippen LogP contribution is -2.44. The number of halogens is 3. The Hall–Kier alpha value is -0.820. The molecule has 0 spiro atoms. The molecule has 1 saturated heterocycles. The standard InChI is InChI=1S/C10H17F3N2O2/c1-8(9(16)15-5-2-3-6-15)14-4-7-17-10(11,12)13/h8,14H,2-7H2,1H3. The summed E-state index contributed by atoms with van der Waals surface area (Å²) in [5.74, 6) is -0.0606. The van der Waals surface area contributed by atoms with Crippen molar-refractivity contribution in [2.45, 2.75) is 32.2 Å². The molecule has 0 aromatic rings. The van der Waals surface area contributed by atoms with E-state index in [0.717, 1.165) is 25.9 Å². The summed E-state index contributed by atoms with van der Waals surface area (Å²) in [7, 11) is 0. The molecule has 1 N–H and O–H groups in total. The molecule has 0 aromatic heterocycles. The van der Waals surface area contributed by atoms with Crippen LogP contribution in [0.1, 0.15) is 19.8 Å². The molecular formula is C10H17F3N2O2. The monoisotopic (exact) mass is 254 g/mol. The molecule has 4 nitrogen and oxygen atoms in total. The predicted octanol–water partition coefficient (Wildman–Crippen LogP) is 1.12. The zero-order chi connectivity index (χ0) is 12.9. The summed E-state index contributed by atoms with van der Waals surface area (Å²) in [4.78, 5) is 13.5. The van der Waals surface area contributed by atoms with Crippen LogP contribution in [0.2, 0.25) is 0 Å². The Balaban J connectivity index is 2.16. The Kier molecular flexibility index (Phi) is 5.20. The Morgan fingerprint density at radius 1 is 1.41 bits per heavy atom. The third-order valence-corrected chi connectivity index (χ3v) is 2.61. The van der Waals surface area contributed by atoms with E-state index in [1.165, 1.54) is 0 Å². The molecule has 1 atom stereocenters. The van der Waals surface area contributed by atoms with Crippen LogP contribution in [0.4, 0.5) is 13.2 Å². The first-order valence-corrected chi connectivity index (χ1v) is 5.63. The molecule has 0 aromatic carbocycles. The third-order valence-electron chi connectivity index (χ3n) is 2.61. The van der Waals surface area contributed by atoms with Crippen LogP contribution in [0.15, 0.2) is 0 Å². The number of carbonyl (C=O) groups excluding carboxylic acids is 1. The largest absolute Gasteiger partial charge is 0.522 e. The SMILES string of the molecule is CC(NCCOC(F)(F)F)C(=O)N1CCCC1. The Bertz CT molecular complexity index is 252. The normalized spacial score (nSPS) is 18.5. The first-order valence-electron chi connectivity index (χ1n) is 5.63. The highest BCUT2D eigenvalue weighted by Gasteiger charge is 2.29. The molecule has 1 amide bonds. The smallest absolute Gasteiger partial charge is 0.341 e. The van der Waals surface area contributed by atoms with Gasteiger partial charge in [0.1, 0.15) is 0 Å².